The molecule has 0 spiro atoms. The van der Waals surface area contributed by atoms with Crippen molar-refractivity contribution >= 4 is 37.5 Å². The number of hydrogen-bond donors (Lipinski definition) is 0. The minimum absolute atomic E-state index is 0.0288. The van der Waals surface area contributed by atoms with Crippen LogP contribution in [-0.2, 0) is 24.8 Å². The number of piperidine rings is 2. The molecule has 2 aromatic heterocycles. The van der Waals surface area contributed by atoms with Gasteiger partial charge in [0.05, 0.1) is 16.0 Å². The van der Waals surface area contributed by atoms with Gasteiger partial charge in [0.2, 0.25) is 10.0 Å². The lowest BCUT2D eigenvalue weighted by molar-refractivity contribution is -0.875. The Labute approximate surface area is 314 Å². The van der Waals surface area contributed by atoms with Crippen molar-refractivity contribution in [2.24, 2.45) is 5.41 Å². The highest BCUT2D eigenvalue weighted by atomic mass is 32.2. The van der Waals surface area contributed by atoms with Crippen molar-refractivity contribution in [2.45, 2.75) is 67.1 Å². The second kappa shape index (κ2) is 13.7. The summed E-state index contributed by atoms with van der Waals surface area (Å²) in [7, 11) is -7.64. The number of hydrogen-bond acceptors (Lipinski definition) is 9. The van der Waals surface area contributed by atoms with Crippen LogP contribution in [0, 0.1) is 5.41 Å². The quantitative estimate of drug-likeness (QED) is 0.171. The van der Waals surface area contributed by atoms with E-state index in [2.05, 4.69) is 31.2 Å². The lowest BCUT2D eigenvalue weighted by Gasteiger charge is -2.53. The van der Waals surface area contributed by atoms with Gasteiger partial charge < -0.3 is 9.26 Å². The first kappa shape index (κ1) is 36.1. The summed E-state index contributed by atoms with van der Waals surface area (Å²) in [4.78, 5) is 15.4. The van der Waals surface area contributed by atoms with Crippen LogP contribution < -0.4 is 0 Å². The van der Waals surface area contributed by atoms with Gasteiger partial charge in [-0.3, -0.25) is 0 Å². The Morgan fingerprint density at radius 2 is 1.45 bits per heavy atom. The van der Waals surface area contributed by atoms with E-state index in [1.54, 1.807) is 34.6 Å². The summed E-state index contributed by atoms with van der Waals surface area (Å²) in [5.74, 6) is 0.511. The topological polar surface area (TPSA) is 127 Å². The third-order valence-electron chi connectivity index (χ3n) is 11.2. The Morgan fingerprint density at radius 1 is 0.811 bits per heavy atom. The van der Waals surface area contributed by atoms with E-state index in [-0.39, 0.29) is 70.0 Å². The van der Waals surface area contributed by atoms with E-state index in [0.717, 1.165) is 34.6 Å². The number of sulfonamides is 2. The smallest absolute Gasteiger partial charge is 0.415 e. The van der Waals surface area contributed by atoms with E-state index in [4.69, 9.17) is 9.26 Å². The maximum atomic E-state index is 14.5. The van der Waals surface area contributed by atoms with Gasteiger partial charge in [-0.25, -0.2) is 16.8 Å². The molecule has 2 aromatic carbocycles. The number of rotatable bonds is 8. The Balaban J connectivity index is 1.07. The second-order valence-electron chi connectivity index (χ2n) is 14.9. The number of amides is 1. The van der Waals surface area contributed by atoms with Crippen LogP contribution in [0.15, 0.2) is 116 Å². The predicted molar refractivity (Wildman–Crippen MR) is 201 cm³/mol. The molecule has 4 aliphatic rings. The molecule has 278 valence electrons. The van der Waals surface area contributed by atoms with Crippen molar-refractivity contribution in [1.82, 2.24) is 13.8 Å². The number of cyclic esters (lactones) is 1. The Kier molecular flexibility index (Phi) is 9.35. The lowest BCUT2D eigenvalue weighted by atomic mass is 9.79. The third kappa shape index (κ3) is 6.32. The van der Waals surface area contributed by atoms with E-state index >= 15 is 0 Å². The average molecular weight is 776 g/mol. The van der Waals surface area contributed by atoms with E-state index < -0.39 is 20.0 Å². The molecule has 0 radical (unpaired) electrons. The Bertz CT molecular complexity index is 2280. The van der Waals surface area contributed by atoms with E-state index in [9.17, 15) is 21.6 Å². The third-order valence-corrected chi connectivity index (χ3v) is 16.6. The highest BCUT2D eigenvalue weighted by molar-refractivity contribution is 7.91. The number of benzene rings is 2. The van der Waals surface area contributed by atoms with Crippen LogP contribution >= 0.6 is 11.3 Å². The molecule has 4 aromatic rings. The first-order valence-electron chi connectivity index (χ1n) is 18.1. The number of aromatic nitrogens is 1. The number of allylic oxidation sites excluding steroid dienone is 2. The summed E-state index contributed by atoms with van der Waals surface area (Å²) in [5.41, 5.74) is 3.30. The van der Waals surface area contributed by atoms with Gasteiger partial charge in [-0.2, -0.15) is 17.9 Å². The molecule has 3 aliphatic heterocycles. The molecule has 8 rings (SSSR count). The van der Waals surface area contributed by atoms with Crippen molar-refractivity contribution in [3.05, 3.63) is 102 Å². The molecular formula is C39H43N4O7S3+. The van der Waals surface area contributed by atoms with Gasteiger partial charge in [0.15, 0.2) is 5.76 Å². The maximum absolute atomic E-state index is 14.5. The van der Waals surface area contributed by atoms with Crippen molar-refractivity contribution in [2.75, 3.05) is 32.8 Å². The largest absolute Gasteiger partial charge is 0.522 e. The summed E-state index contributed by atoms with van der Waals surface area (Å²) in [6, 6.07) is 21.2. The fraction of sp³-hybridized carbons (Fsp3) is 0.385. The first-order valence-corrected chi connectivity index (χ1v) is 21.8. The summed E-state index contributed by atoms with van der Waals surface area (Å²) in [5, 5.41) is 3.74. The van der Waals surface area contributed by atoms with Gasteiger partial charge in [-0.1, -0.05) is 73.6 Å². The van der Waals surface area contributed by atoms with Gasteiger partial charge in [-0.15, -0.1) is 11.3 Å². The number of quaternary nitrogens is 1. The summed E-state index contributed by atoms with van der Waals surface area (Å²) in [6.45, 7) is 5.51. The van der Waals surface area contributed by atoms with Crippen molar-refractivity contribution in [1.29, 1.82) is 0 Å². The fourth-order valence-corrected chi connectivity index (χ4v) is 13.2. The molecule has 3 fully saturated rings. The van der Waals surface area contributed by atoms with Crippen LogP contribution in [0.5, 0.6) is 0 Å². The normalized spacial score (nSPS) is 23.5. The monoisotopic (exact) mass is 775 g/mol. The maximum Gasteiger partial charge on any atom is 0.522 e. The minimum Gasteiger partial charge on any atom is -0.415 e. The molecule has 1 aliphatic carbocycles. The number of ether oxygens (including phenoxy) is 1. The van der Waals surface area contributed by atoms with E-state index in [1.165, 1.54) is 10.5 Å². The highest BCUT2D eigenvalue weighted by Crippen LogP contribution is 2.48. The molecule has 1 atom stereocenters. The molecular weight excluding hydrogens is 733 g/mol. The molecule has 1 amide bonds. The van der Waals surface area contributed by atoms with Gasteiger partial charge in [-0.05, 0) is 41.7 Å². The van der Waals surface area contributed by atoms with Gasteiger partial charge in [0.25, 0.3) is 10.0 Å². The molecule has 53 heavy (non-hydrogen) atoms. The number of nitrogens with zero attached hydrogens (tertiary/aromatic N) is 4. The highest BCUT2D eigenvalue weighted by Gasteiger charge is 2.60. The van der Waals surface area contributed by atoms with E-state index in [0.29, 0.717) is 41.9 Å². The number of carbonyl (C=O) groups is 1. The zero-order chi connectivity index (χ0) is 37.0. The number of carbonyl (C=O) groups excluding carboxylic acids is 1. The Hall–Kier alpha value is -3.92. The van der Waals surface area contributed by atoms with Crippen LogP contribution in [0.25, 0.3) is 21.8 Å². The average Bonchev–Trinajstić information content (AvgIpc) is 3.89. The number of thiophene rings is 1. The molecule has 5 heterocycles. The van der Waals surface area contributed by atoms with Crippen LogP contribution in [0.4, 0.5) is 4.79 Å². The molecule has 3 saturated heterocycles. The molecule has 0 N–H and O–H groups in total. The van der Waals surface area contributed by atoms with Crippen molar-refractivity contribution in [3.8, 4) is 21.8 Å². The summed E-state index contributed by atoms with van der Waals surface area (Å²) in [6.07, 6.45) is 8.15. The van der Waals surface area contributed by atoms with Crippen LogP contribution in [0.1, 0.15) is 46.0 Å². The summed E-state index contributed by atoms with van der Waals surface area (Å²) >= 11 is 1.15. The zero-order valence-electron chi connectivity index (χ0n) is 29.8. The van der Waals surface area contributed by atoms with E-state index in [1.807, 2.05) is 42.5 Å². The number of fused-ring (bicyclic) bond motifs is 1. The fourth-order valence-electron chi connectivity index (χ4n) is 8.66. The van der Waals surface area contributed by atoms with Crippen LogP contribution in [-0.4, -0.2) is 86.0 Å². The summed E-state index contributed by atoms with van der Waals surface area (Å²) < 4.78 is 70.8. The standard InChI is InChI=1S/C39H43N4O7S3/c1-39(2)20-14-33-29(26-39)27-49-38(44)43(33,31-18-24-42(25-19-31)53(47,48)37-13-12-35(51-37)34-15-21-40-50-34)30-16-22-41(23-17-30)52(45,46)36-11-7-6-10-32(36)28-8-4-3-5-9-28/h3-15,21,26,30-31H,16-20,22-25,27H2,1-2H3/q+1. The van der Waals surface area contributed by atoms with Gasteiger partial charge in [0.1, 0.15) is 28.6 Å². The van der Waals surface area contributed by atoms with Crippen LogP contribution in [0.3, 0.4) is 0 Å². The molecule has 0 saturated carbocycles. The van der Waals surface area contributed by atoms with Gasteiger partial charge >= 0.3 is 6.09 Å². The lowest BCUT2D eigenvalue weighted by Crippen LogP contribution is -2.69. The minimum atomic E-state index is -3.85. The van der Waals surface area contributed by atoms with Crippen LogP contribution in [0.2, 0.25) is 0 Å². The molecule has 11 nitrogen and oxygen atoms in total. The Morgan fingerprint density at radius 3 is 2.11 bits per heavy atom. The zero-order valence-corrected chi connectivity index (χ0v) is 32.2. The molecule has 0 bridgehead atoms. The molecule has 14 heteroatoms. The SMILES string of the molecule is CC1(C)C=C2COC(=O)[N+](C3CCN(S(=O)(=O)c4ccc(-c5ccno5)s4)CC3)(C3CCN(S(=O)(=O)c4ccccc4-c4ccccc4)CC3)C2=CC1. The van der Waals surface area contributed by atoms with Gasteiger partial charge in [0, 0.05) is 69.1 Å². The van der Waals surface area contributed by atoms with Crippen molar-refractivity contribution < 1.29 is 35.4 Å². The first-order chi connectivity index (χ1) is 25.4. The second-order valence-corrected chi connectivity index (χ2v) is 20.1. The molecule has 1 unspecified atom stereocenters. The van der Waals surface area contributed by atoms with Crippen molar-refractivity contribution in [3.63, 3.8) is 0 Å². The predicted octanol–water partition coefficient (Wildman–Crippen LogP) is 7.28.